The maximum Gasteiger partial charge on any atom is 0.328 e. The molecule has 0 amide bonds. The minimum absolute atomic E-state index is 0.00952. The van der Waals surface area contributed by atoms with E-state index in [0.717, 1.165) is 6.08 Å². The Morgan fingerprint density at radius 2 is 1.86 bits per heavy atom. The second kappa shape index (κ2) is 6.00. The summed E-state index contributed by atoms with van der Waals surface area (Å²) < 4.78 is 5.03. The Morgan fingerprint density at radius 1 is 1.10 bits per heavy atom. The number of phenolic OH excluding ortho intramolecular Hbond substituents is 2. The lowest BCUT2D eigenvalue weighted by molar-refractivity contribution is -0.131. The van der Waals surface area contributed by atoms with E-state index in [4.69, 9.17) is 9.84 Å². The summed E-state index contributed by atoms with van der Waals surface area (Å²) in [6.07, 6.45) is 2.39. The maximum absolute atomic E-state index is 10.5. The number of aromatic hydroxyl groups is 2. The lowest BCUT2D eigenvalue weighted by atomic mass is 10.0. The molecule has 0 radical (unpaired) electrons. The van der Waals surface area contributed by atoms with Crippen molar-refractivity contribution in [2.75, 3.05) is 7.11 Å². The molecule has 0 aromatic heterocycles. The smallest absolute Gasteiger partial charge is 0.328 e. The van der Waals surface area contributed by atoms with Crippen molar-refractivity contribution >= 4 is 12.0 Å². The number of carboxylic acids is 1. The molecule has 0 bridgehead atoms. The molecule has 21 heavy (non-hydrogen) atoms. The van der Waals surface area contributed by atoms with Crippen molar-refractivity contribution in [2.45, 2.75) is 0 Å². The van der Waals surface area contributed by atoms with Gasteiger partial charge in [-0.05, 0) is 35.4 Å². The second-order valence-corrected chi connectivity index (χ2v) is 4.33. The van der Waals surface area contributed by atoms with Crippen LogP contribution in [0.3, 0.4) is 0 Å². The standard InChI is InChI=1S/C16H14O5/c1-21-15-9-11(4-6-13(15)17)12-5-2-10(8-14(12)18)3-7-16(19)20/h2-9,17-18H,1H3,(H,19,20). The van der Waals surface area contributed by atoms with E-state index in [1.807, 2.05) is 0 Å². The molecule has 0 saturated heterocycles. The van der Waals surface area contributed by atoms with Crippen LogP contribution in [-0.4, -0.2) is 28.4 Å². The van der Waals surface area contributed by atoms with E-state index in [9.17, 15) is 15.0 Å². The van der Waals surface area contributed by atoms with Crippen molar-refractivity contribution in [3.63, 3.8) is 0 Å². The highest BCUT2D eigenvalue weighted by molar-refractivity contribution is 5.85. The van der Waals surface area contributed by atoms with E-state index in [1.165, 1.54) is 25.3 Å². The molecule has 3 N–H and O–H groups in total. The summed E-state index contributed by atoms with van der Waals surface area (Å²) in [5.74, 6) is -0.722. The molecule has 0 unspecified atom stereocenters. The number of aliphatic carboxylic acids is 1. The molecule has 0 heterocycles. The highest BCUT2D eigenvalue weighted by atomic mass is 16.5. The fourth-order valence-corrected chi connectivity index (χ4v) is 1.91. The van der Waals surface area contributed by atoms with E-state index < -0.39 is 5.97 Å². The quantitative estimate of drug-likeness (QED) is 0.752. The summed E-state index contributed by atoms with van der Waals surface area (Å²) in [5.41, 5.74) is 1.81. The van der Waals surface area contributed by atoms with Crippen LogP contribution in [0.2, 0.25) is 0 Å². The van der Waals surface area contributed by atoms with Crippen molar-refractivity contribution in [3.8, 4) is 28.4 Å². The molecule has 0 fully saturated rings. The SMILES string of the molecule is COc1cc(-c2ccc(C=CC(=O)O)cc2O)ccc1O. The maximum atomic E-state index is 10.5. The lowest BCUT2D eigenvalue weighted by Crippen LogP contribution is -1.87. The van der Waals surface area contributed by atoms with E-state index >= 15 is 0 Å². The summed E-state index contributed by atoms with van der Waals surface area (Å²) in [6.45, 7) is 0. The van der Waals surface area contributed by atoms with Crippen LogP contribution in [-0.2, 0) is 4.79 Å². The van der Waals surface area contributed by atoms with Crippen LogP contribution in [0.15, 0.2) is 42.5 Å². The Balaban J connectivity index is 2.39. The molecule has 0 aliphatic rings. The normalized spacial score (nSPS) is 10.7. The number of methoxy groups -OCH3 is 1. The first-order chi connectivity index (χ1) is 10.0. The van der Waals surface area contributed by atoms with Crippen LogP contribution in [0.1, 0.15) is 5.56 Å². The topological polar surface area (TPSA) is 87.0 Å². The van der Waals surface area contributed by atoms with E-state index in [-0.39, 0.29) is 11.5 Å². The Hall–Kier alpha value is -2.95. The van der Waals surface area contributed by atoms with Crippen molar-refractivity contribution in [2.24, 2.45) is 0 Å². The average molecular weight is 286 g/mol. The molecule has 0 atom stereocenters. The third-order valence-electron chi connectivity index (χ3n) is 2.93. The van der Waals surface area contributed by atoms with Gasteiger partial charge in [0.05, 0.1) is 7.11 Å². The van der Waals surface area contributed by atoms with Gasteiger partial charge >= 0.3 is 5.97 Å². The van der Waals surface area contributed by atoms with Gasteiger partial charge in [-0.25, -0.2) is 4.79 Å². The fraction of sp³-hybridized carbons (Fsp3) is 0.0625. The Kier molecular flexibility index (Phi) is 4.13. The van der Waals surface area contributed by atoms with Crippen LogP contribution in [0.4, 0.5) is 0 Å². The predicted octanol–water partition coefficient (Wildman–Crippen LogP) is 2.87. The van der Waals surface area contributed by atoms with Crippen LogP contribution >= 0.6 is 0 Å². The number of rotatable bonds is 4. The summed E-state index contributed by atoms with van der Waals surface area (Å²) >= 11 is 0. The molecule has 2 aromatic carbocycles. The lowest BCUT2D eigenvalue weighted by Gasteiger charge is -2.09. The van der Waals surface area contributed by atoms with E-state index in [0.29, 0.717) is 22.4 Å². The van der Waals surface area contributed by atoms with Crippen molar-refractivity contribution in [1.82, 2.24) is 0 Å². The minimum Gasteiger partial charge on any atom is -0.507 e. The second-order valence-electron chi connectivity index (χ2n) is 4.33. The number of hydrogen-bond donors (Lipinski definition) is 3. The zero-order chi connectivity index (χ0) is 15.4. The molecule has 5 heteroatoms. The van der Waals surface area contributed by atoms with E-state index in [1.54, 1.807) is 24.3 Å². The van der Waals surface area contributed by atoms with Gasteiger partial charge in [-0.15, -0.1) is 0 Å². The first kappa shape index (κ1) is 14.5. The minimum atomic E-state index is -1.05. The molecule has 0 spiro atoms. The van der Waals surface area contributed by atoms with Gasteiger partial charge in [0.2, 0.25) is 0 Å². The monoisotopic (exact) mass is 286 g/mol. The first-order valence-electron chi connectivity index (χ1n) is 6.12. The fourth-order valence-electron chi connectivity index (χ4n) is 1.91. The molecule has 108 valence electrons. The molecule has 0 aliphatic carbocycles. The van der Waals surface area contributed by atoms with Crippen molar-refractivity contribution < 1.29 is 24.9 Å². The number of carbonyl (C=O) groups is 1. The molecule has 0 aliphatic heterocycles. The molecule has 5 nitrogen and oxygen atoms in total. The predicted molar refractivity (Wildman–Crippen MR) is 78.4 cm³/mol. The molecular formula is C16H14O5. The van der Waals surface area contributed by atoms with Gasteiger partial charge < -0.3 is 20.1 Å². The third-order valence-corrected chi connectivity index (χ3v) is 2.93. The van der Waals surface area contributed by atoms with Gasteiger partial charge in [0.1, 0.15) is 5.75 Å². The van der Waals surface area contributed by atoms with Gasteiger partial charge in [-0.2, -0.15) is 0 Å². The number of carboxylic acid groups (broad SMARTS) is 1. The van der Waals surface area contributed by atoms with Crippen molar-refractivity contribution in [1.29, 1.82) is 0 Å². The zero-order valence-corrected chi connectivity index (χ0v) is 11.3. The number of ether oxygens (including phenoxy) is 1. The van der Waals surface area contributed by atoms with Gasteiger partial charge in [0.15, 0.2) is 11.5 Å². The highest BCUT2D eigenvalue weighted by Crippen LogP contribution is 2.35. The highest BCUT2D eigenvalue weighted by Gasteiger charge is 2.08. The Bertz CT molecular complexity index is 704. The molecule has 2 aromatic rings. The number of hydrogen-bond acceptors (Lipinski definition) is 4. The molecule has 2 rings (SSSR count). The molecule has 0 saturated carbocycles. The summed E-state index contributed by atoms with van der Waals surface area (Å²) in [6, 6.07) is 9.56. The Morgan fingerprint density at radius 3 is 2.48 bits per heavy atom. The van der Waals surface area contributed by atoms with Crippen molar-refractivity contribution in [3.05, 3.63) is 48.0 Å². The summed E-state index contributed by atoms with van der Waals surface area (Å²) in [7, 11) is 1.44. The zero-order valence-electron chi connectivity index (χ0n) is 11.3. The first-order valence-corrected chi connectivity index (χ1v) is 6.12. The van der Waals surface area contributed by atoms with Gasteiger partial charge in [0, 0.05) is 11.6 Å². The van der Waals surface area contributed by atoms with Crippen LogP contribution in [0.25, 0.3) is 17.2 Å². The number of phenols is 2. The van der Waals surface area contributed by atoms with E-state index in [2.05, 4.69) is 0 Å². The summed E-state index contributed by atoms with van der Waals surface area (Å²) in [5, 5.41) is 28.2. The largest absolute Gasteiger partial charge is 0.507 e. The van der Waals surface area contributed by atoms with Gasteiger partial charge in [-0.1, -0.05) is 18.2 Å². The van der Waals surface area contributed by atoms with Crippen LogP contribution < -0.4 is 4.74 Å². The Labute approximate surface area is 121 Å². The van der Waals surface area contributed by atoms with Crippen LogP contribution in [0, 0.1) is 0 Å². The average Bonchev–Trinajstić information content (AvgIpc) is 2.46. The third kappa shape index (κ3) is 3.33. The number of benzene rings is 2. The van der Waals surface area contributed by atoms with Gasteiger partial charge in [-0.3, -0.25) is 0 Å². The van der Waals surface area contributed by atoms with Crippen LogP contribution in [0.5, 0.6) is 17.2 Å². The van der Waals surface area contributed by atoms with Gasteiger partial charge in [0.25, 0.3) is 0 Å². The summed E-state index contributed by atoms with van der Waals surface area (Å²) in [4.78, 5) is 10.5. The molecular weight excluding hydrogens is 272 g/mol.